The highest BCUT2D eigenvalue weighted by molar-refractivity contribution is 6.29. The Bertz CT molecular complexity index is 234. The quantitative estimate of drug-likeness (QED) is 0.531. The molecule has 1 fully saturated rings. The van der Waals surface area contributed by atoms with Crippen LogP contribution in [-0.2, 0) is 19.1 Å². The van der Waals surface area contributed by atoms with E-state index in [0.717, 1.165) is 25.7 Å². The summed E-state index contributed by atoms with van der Waals surface area (Å²) in [5.74, 6) is -1.80. The lowest BCUT2D eigenvalue weighted by molar-refractivity contribution is -0.171. The topological polar surface area (TPSA) is 78.6 Å². The van der Waals surface area contributed by atoms with Gasteiger partial charge in [-0.1, -0.05) is 0 Å². The number of ether oxygens (including phenoxy) is 2. The minimum Gasteiger partial charge on any atom is -0.458 e. The van der Waals surface area contributed by atoms with E-state index < -0.39 is 11.9 Å². The highest BCUT2D eigenvalue weighted by Gasteiger charge is 2.25. The molecule has 2 N–H and O–H groups in total. The van der Waals surface area contributed by atoms with Crippen molar-refractivity contribution in [1.82, 2.24) is 0 Å². The van der Waals surface area contributed by atoms with E-state index >= 15 is 0 Å². The number of hydrogen-bond acceptors (Lipinski definition) is 5. The van der Waals surface area contributed by atoms with Crippen molar-refractivity contribution in [2.24, 2.45) is 5.73 Å². The van der Waals surface area contributed by atoms with Crippen molar-refractivity contribution in [2.75, 3.05) is 6.61 Å². The number of esters is 2. The summed E-state index contributed by atoms with van der Waals surface area (Å²) in [6.45, 7) is 1.83. The lowest BCUT2D eigenvalue weighted by Crippen LogP contribution is -2.33. The molecule has 1 saturated carbocycles. The predicted molar refractivity (Wildman–Crippen MR) is 53.0 cm³/mol. The van der Waals surface area contributed by atoms with Gasteiger partial charge in [0.1, 0.15) is 6.10 Å². The van der Waals surface area contributed by atoms with Gasteiger partial charge in [-0.15, -0.1) is 0 Å². The normalized spacial score (nSPS) is 25.7. The Hall–Kier alpha value is -1.10. The van der Waals surface area contributed by atoms with E-state index in [1.165, 1.54) is 0 Å². The molecule has 0 aromatic rings. The fourth-order valence-corrected chi connectivity index (χ4v) is 1.60. The maximum atomic E-state index is 11.2. The standard InChI is InChI=1S/C10H17NO4/c1-2-14-9(12)10(13)15-8-5-3-7(11)4-6-8/h7-8H,2-6,11H2,1H3. The summed E-state index contributed by atoms with van der Waals surface area (Å²) in [4.78, 5) is 22.1. The third-order valence-corrected chi connectivity index (χ3v) is 2.43. The van der Waals surface area contributed by atoms with Crippen LogP contribution in [0.3, 0.4) is 0 Å². The summed E-state index contributed by atoms with van der Waals surface area (Å²) in [6, 6.07) is 0.197. The van der Waals surface area contributed by atoms with Gasteiger partial charge in [0.05, 0.1) is 6.61 Å². The Morgan fingerprint density at radius 2 is 1.80 bits per heavy atom. The largest absolute Gasteiger partial charge is 0.458 e. The molecule has 15 heavy (non-hydrogen) atoms. The van der Waals surface area contributed by atoms with Crippen LogP contribution in [0.5, 0.6) is 0 Å². The number of hydrogen-bond donors (Lipinski definition) is 1. The minimum atomic E-state index is -0.910. The lowest BCUT2D eigenvalue weighted by Gasteiger charge is -2.25. The van der Waals surface area contributed by atoms with Crippen molar-refractivity contribution in [3.05, 3.63) is 0 Å². The third kappa shape index (κ3) is 3.87. The van der Waals surface area contributed by atoms with Gasteiger partial charge in [-0.3, -0.25) is 0 Å². The maximum Gasteiger partial charge on any atom is 0.417 e. The predicted octanol–water partition coefficient (Wildman–Crippen LogP) is 0.363. The van der Waals surface area contributed by atoms with Gasteiger partial charge >= 0.3 is 11.9 Å². The first-order valence-corrected chi connectivity index (χ1v) is 5.26. The SMILES string of the molecule is CCOC(=O)C(=O)OC1CCC(N)CC1. The van der Waals surface area contributed by atoms with Crippen molar-refractivity contribution in [3.8, 4) is 0 Å². The highest BCUT2D eigenvalue weighted by Crippen LogP contribution is 2.19. The summed E-state index contributed by atoms with van der Waals surface area (Å²) >= 11 is 0. The Kier molecular flexibility index (Phi) is 4.55. The molecule has 1 rings (SSSR count). The Balaban J connectivity index is 2.29. The molecule has 0 aromatic heterocycles. The molecule has 0 amide bonds. The summed E-state index contributed by atoms with van der Waals surface area (Å²) in [5, 5.41) is 0. The number of rotatable bonds is 2. The molecule has 0 aliphatic heterocycles. The Morgan fingerprint density at radius 3 is 2.33 bits per heavy atom. The van der Waals surface area contributed by atoms with Crippen molar-refractivity contribution < 1.29 is 19.1 Å². The molecular weight excluding hydrogens is 198 g/mol. The molecule has 5 heteroatoms. The van der Waals surface area contributed by atoms with Gasteiger partial charge < -0.3 is 15.2 Å². The zero-order valence-electron chi connectivity index (χ0n) is 8.90. The van der Waals surface area contributed by atoms with Crippen LogP contribution in [0.1, 0.15) is 32.6 Å². The van der Waals surface area contributed by atoms with Crippen LogP contribution < -0.4 is 5.73 Å². The van der Waals surface area contributed by atoms with E-state index in [2.05, 4.69) is 4.74 Å². The molecule has 0 spiro atoms. The van der Waals surface area contributed by atoms with Crippen LogP contribution in [-0.4, -0.2) is 30.7 Å². The van der Waals surface area contributed by atoms with Gasteiger partial charge in [0, 0.05) is 6.04 Å². The number of carbonyl (C=O) groups excluding carboxylic acids is 2. The molecule has 1 aliphatic carbocycles. The third-order valence-electron chi connectivity index (χ3n) is 2.43. The van der Waals surface area contributed by atoms with Crippen molar-refractivity contribution in [2.45, 2.75) is 44.8 Å². The Labute approximate surface area is 88.9 Å². The zero-order valence-corrected chi connectivity index (χ0v) is 8.90. The molecular formula is C10H17NO4. The molecule has 0 unspecified atom stereocenters. The first-order chi connectivity index (χ1) is 7.13. The fourth-order valence-electron chi connectivity index (χ4n) is 1.60. The summed E-state index contributed by atoms with van der Waals surface area (Å²) in [6.07, 6.45) is 2.95. The van der Waals surface area contributed by atoms with Gasteiger partial charge in [-0.05, 0) is 32.6 Å². The van der Waals surface area contributed by atoms with Crippen LogP contribution in [0, 0.1) is 0 Å². The van der Waals surface area contributed by atoms with E-state index in [0.29, 0.717) is 0 Å². The fraction of sp³-hybridized carbons (Fsp3) is 0.800. The molecule has 0 bridgehead atoms. The Morgan fingerprint density at radius 1 is 1.20 bits per heavy atom. The van der Waals surface area contributed by atoms with Crippen LogP contribution in [0.25, 0.3) is 0 Å². The van der Waals surface area contributed by atoms with Crippen LogP contribution in [0.15, 0.2) is 0 Å². The first-order valence-electron chi connectivity index (χ1n) is 5.26. The van der Waals surface area contributed by atoms with Gasteiger partial charge in [0.2, 0.25) is 0 Å². The van der Waals surface area contributed by atoms with E-state index in [-0.39, 0.29) is 18.8 Å². The second-order valence-corrected chi connectivity index (χ2v) is 3.66. The molecule has 0 atom stereocenters. The van der Waals surface area contributed by atoms with Crippen molar-refractivity contribution in [3.63, 3.8) is 0 Å². The summed E-state index contributed by atoms with van der Waals surface area (Å²) in [5.41, 5.74) is 5.70. The first kappa shape index (κ1) is 12.0. The molecule has 5 nitrogen and oxygen atoms in total. The van der Waals surface area contributed by atoms with Crippen LogP contribution in [0.4, 0.5) is 0 Å². The van der Waals surface area contributed by atoms with Gasteiger partial charge in [0.15, 0.2) is 0 Å². The molecule has 0 aromatic carbocycles. The maximum absolute atomic E-state index is 11.2. The van der Waals surface area contributed by atoms with Gasteiger partial charge in [0.25, 0.3) is 0 Å². The highest BCUT2D eigenvalue weighted by atomic mass is 16.6. The van der Waals surface area contributed by atoms with E-state index in [4.69, 9.17) is 10.5 Å². The monoisotopic (exact) mass is 215 g/mol. The summed E-state index contributed by atoms with van der Waals surface area (Å²) in [7, 11) is 0. The van der Waals surface area contributed by atoms with Crippen LogP contribution >= 0.6 is 0 Å². The van der Waals surface area contributed by atoms with Crippen molar-refractivity contribution in [1.29, 1.82) is 0 Å². The zero-order chi connectivity index (χ0) is 11.3. The number of carbonyl (C=O) groups is 2. The minimum absolute atomic E-state index is 0.179. The molecule has 86 valence electrons. The van der Waals surface area contributed by atoms with Gasteiger partial charge in [-0.2, -0.15) is 0 Å². The smallest absolute Gasteiger partial charge is 0.417 e. The number of nitrogens with two attached hydrogens (primary N) is 1. The van der Waals surface area contributed by atoms with Crippen molar-refractivity contribution >= 4 is 11.9 Å². The second kappa shape index (κ2) is 5.70. The van der Waals surface area contributed by atoms with E-state index in [1.807, 2.05) is 0 Å². The average molecular weight is 215 g/mol. The molecule has 0 radical (unpaired) electrons. The second-order valence-electron chi connectivity index (χ2n) is 3.66. The average Bonchev–Trinajstić information content (AvgIpc) is 2.22. The van der Waals surface area contributed by atoms with Gasteiger partial charge in [-0.25, -0.2) is 9.59 Å². The summed E-state index contributed by atoms with van der Waals surface area (Å²) < 4.78 is 9.51. The molecule has 0 heterocycles. The molecule has 1 aliphatic rings. The van der Waals surface area contributed by atoms with Crippen LogP contribution in [0.2, 0.25) is 0 Å². The molecule has 0 saturated heterocycles. The van der Waals surface area contributed by atoms with E-state index in [9.17, 15) is 9.59 Å². The lowest BCUT2D eigenvalue weighted by atomic mass is 9.94. The van der Waals surface area contributed by atoms with E-state index in [1.54, 1.807) is 6.92 Å².